The molecule has 0 amide bonds. The van der Waals surface area contributed by atoms with Crippen LogP contribution in [0.5, 0.6) is 17.2 Å². The summed E-state index contributed by atoms with van der Waals surface area (Å²) in [6.07, 6.45) is 0.474. The Labute approximate surface area is 204 Å². The van der Waals surface area contributed by atoms with Crippen molar-refractivity contribution in [1.29, 1.82) is 0 Å². The van der Waals surface area contributed by atoms with Crippen LogP contribution in [-0.2, 0) is 25.5 Å². The van der Waals surface area contributed by atoms with Crippen LogP contribution in [0.3, 0.4) is 0 Å². The maximum Gasteiger partial charge on any atom is 0.338 e. The van der Waals surface area contributed by atoms with Gasteiger partial charge in [0.1, 0.15) is 11.9 Å². The van der Waals surface area contributed by atoms with Crippen molar-refractivity contribution >= 4 is 17.9 Å². The van der Waals surface area contributed by atoms with Crippen LogP contribution in [0.15, 0.2) is 66.8 Å². The molecule has 1 atom stereocenters. The first-order valence-electron chi connectivity index (χ1n) is 11.0. The smallest absolute Gasteiger partial charge is 0.338 e. The second kappa shape index (κ2) is 10.4. The maximum absolute atomic E-state index is 12.3. The molecule has 0 heterocycles. The largest absolute Gasteiger partial charge is 0.493 e. The molecule has 7 heteroatoms. The quantitative estimate of drug-likeness (QED) is 0.285. The number of benzene rings is 2. The van der Waals surface area contributed by atoms with Gasteiger partial charge < -0.3 is 18.9 Å². The molecule has 0 N–H and O–H groups in total. The number of hydrogen-bond donors (Lipinski definition) is 0. The van der Waals surface area contributed by atoms with Gasteiger partial charge in [0.05, 0.1) is 7.11 Å². The third-order valence-corrected chi connectivity index (χ3v) is 5.47. The van der Waals surface area contributed by atoms with Crippen LogP contribution in [-0.4, -0.2) is 25.0 Å². The minimum atomic E-state index is -0.610. The summed E-state index contributed by atoms with van der Waals surface area (Å²) in [6.45, 7) is 15.6. The van der Waals surface area contributed by atoms with Crippen LogP contribution in [0.1, 0.15) is 44.4 Å². The molecule has 0 fully saturated rings. The van der Waals surface area contributed by atoms with Crippen molar-refractivity contribution in [3.8, 4) is 28.4 Å². The zero-order valence-electron chi connectivity index (χ0n) is 20.4. The van der Waals surface area contributed by atoms with E-state index in [1.165, 1.54) is 7.11 Å². The third-order valence-electron chi connectivity index (χ3n) is 5.47. The monoisotopic (exact) mass is 476 g/mol. The van der Waals surface area contributed by atoms with Gasteiger partial charge in [-0.05, 0) is 68.5 Å². The number of carbonyl (C=O) groups excluding carboxylic acids is 3. The predicted molar refractivity (Wildman–Crippen MR) is 131 cm³/mol. The topological polar surface area (TPSA) is 88.1 Å². The van der Waals surface area contributed by atoms with E-state index in [0.29, 0.717) is 29.9 Å². The number of fused-ring (bicyclic) bond motifs is 1. The van der Waals surface area contributed by atoms with Crippen LogP contribution >= 0.6 is 0 Å². The molecule has 0 radical (unpaired) electrons. The average Bonchev–Trinajstić information content (AvgIpc) is 3.23. The number of hydrogen-bond acceptors (Lipinski definition) is 7. The Morgan fingerprint density at radius 1 is 0.800 bits per heavy atom. The Kier molecular flexibility index (Phi) is 7.59. The van der Waals surface area contributed by atoms with Crippen molar-refractivity contribution in [3.05, 3.63) is 77.9 Å². The van der Waals surface area contributed by atoms with E-state index < -0.39 is 24.0 Å². The summed E-state index contributed by atoms with van der Waals surface area (Å²) in [7, 11) is 1.48. The van der Waals surface area contributed by atoms with Gasteiger partial charge in [-0.15, -0.1) is 0 Å². The van der Waals surface area contributed by atoms with Crippen LogP contribution < -0.4 is 14.2 Å². The highest BCUT2D eigenvalue weighted by Gasteiger charge is 2.33. The molecule has 0 spiro atoms. The molecule has 1 unspecified atom stereocenters. The molecule has 7 nitrogen and oxygen atoms in total. The van der Waals surface area contributed by atoms with Crippen molar-refractivity contribution in [2.75, 3.05) is 7.11 Å². The Morgan fingerprint density at radius 3 is 1.94 bits per heavy atom. The first-order chi connectivity index (χ1) is 16.5. The molecule has 3 rings (SSSR count). The molecule has 2 aromatic rings. The van der Waals surface area contributed by atoms with Crippen molar-refractivity contribution in [2.24, 2.45) is 0 Å². The standard InChI is InChI=1S/C28H28O7/c1-15(2)26(29)33-22-12-9-19(20-10-13-23(25(20)22)34-27(30)16(3)4)18-8-11-21(32-7)24(14-18)35-28(31)17(5)6/h8-9,11-12,14,23H,1,3,5,10,13H2,2,4,6-7H3. The molecule has 2 aromatic carbocycles. The van der Waals surface area contributed by atoms with Gasteiger partial charge in [0.25, 0.3) is 0 Å². The Bertz CT molecular complexity index is 1250. The highest BCUT2D eigenvalue weighted by Crippen LogP contribution is 2.46. The molecular weight excluding hydrogens is 448 g/mol. The van der Waals surface area contributed by atoms with Crippen LogP contribution in [0.4, 0.5) is 0 Å². The summed E-state index contributed by atoms with van der Waals surface area (Å²) in [6, 6.07) is 8.70. The first-order valence-corrected chi connectivity index (χ1v) is 11.0. The second-order valence-corrected chi connectivity index (χ2v) is 8.42. The van der Waals surface area contributed by atoms with Gasteiger partial charge in [0.15, 0.2) is 11.5 Å². The summed E-state index contributed by atoms with van der Waals surface area (Å²) < 4.78 is 22.0. The molecule has 35 heavy (non-hydrogen) atoms. The van der Waals surface area contributed by atoms with Crippen LogP contribution in [0.2, 0.25) is 0 Å². The maximum atomic E-state index is 12.3. The van der Waals surface area contributed by atoms with E-state index in [1.54, 1.807) is 39.0 Å². The number of rotatable bonds is 8. The lowest BCUT2D eigenvalue weighted by molar-refractivity contribution is -0.144. The molecule has 0 aliphatic heterocycles. The molecular formula is C28H28O7. The van der Waals surface area contributed by atoms with E-state index >= 15 is 0 Å². The van der Waals surface area contributed by atoms with Crippen molar-refractivity contribution in [3.63, 3.8) is 0 Å². The van der Waals surface area contributed by atoms with E-state index in [1.807, 2.05) is 12.1 Å². The summed E-state index contributed by atoms with van der Waals surface area (Å²) in [5.74, 6) is -0.733. The number of ether oxygens (including phenoxy) is 4. The van der Waals surface area contributed by atoms with Gasteiger partial charge in [0.2, 0.25) is 0 Å². The third kappa shape index (κ3) is 5.51. The minimum absolute atomic E-state index is 0.243. The van der Waals surface area contributed by atoms with Gasteiger partial charge in [-0.1, -0.05) is 31.9 Å². The number of carbonyl (C=O) groups is 3. The lowest BCUT2D eigenvalue weighted by Crippen LogP contribution is -2.14. The first kappa shape index (κ1) is 25.5. The highest BCUT2D eigenvalue weighted by atomic mass is 16.6. The molecule has 0 bridgehead atoms. The Balaban J connectivity index is 2.11. The summed E-state index contributed by atoms with van der Waals surface area (Å²) in [5, 5.41) is 0. The molecule has 0 saturated heterocycles. The lowest BCUT2D eigenvalue weighted by atomic mass is 9.95. The highest BCUT2D eigenvalue weighted by molar-refractivity contribution is 5.91. The van der Waals surface area contributed by atoms with E-state index in [0.717, 1.165) is 16.7 Å². The van der Waals surface area contributed by atoms with Gasteiger partial charge in [-0.3, -0.25) is 0 Å². The van der Waals surface area contributed by atoms with Gasteiger partial charge >= 0.3 is 17.9 Å². The minimum Gasteiger partial charge on any atom is -0.493 e. The van der Waals surface area contributed by atoms with Crippen LogP contribution in [0, 0.1) is 0 Å². The molecule has 182 valence electrons. The second-order valence-electron chi connectivity index (χ2n) is 8.42. The zero-order chi connectivity index (χ0) is 25.9. The molecule has 0 aromatic heterocycles. The fourth-order valence-electron chi connectivity index (χ4n) is 3.69. The van der Waals surface area contributed by atoms with E-state index in [9.17, 15) is 14.4 Å². The Hall–Kier alpha value is -4.13. The van der Waals surface area contributed by atoms with E-state index in [-0.39, 0.29) is 22.5 Å². The number of methoxy groups -OCH3 is 1. The van der Waals surface area contributed by atoms with Crippen molar-refractivity contribution in [1.82, 2.24) is 0 Å². The molecule has 0 saturated carbocycles. The van der Waals surface area contributed by atoms with Gasteiger partial charge in [-0.2, -0.15) is 0 Å². The molecule has 1 aliphatic carbocycles. The van der Waals surface area contributed by atoms with Crippen molar-refractivity contribution < 1.29 is 33.3 Å². The SMILES string of the molecule is C=C(C)C(=O)Oc1cc(-c2ccc(OC(=O)C(=C)C)c3c2CCC3OC(=O)C(=C)C)ccc1OC. The summed E-state index contributed by atoms with van der Waals surface area (Å²) >= 11 is 0. The molecule has 1 aliphatic rings. The van der Waals surface area contributed by atoms with Gasteiger partial charge in [0, 0.05) is 22.3 Å². The zero-order valence-corrected chi connectivity index (χ0v) is 20.4. The summed E-state index contributed by atoms with van der Waals surface area (Å²) in [5.41, 5.74) is 3.81. The summed E-state index contributed by atoms with van der Waals surface area (Å²) in [4.78, 5) is 36.7. The van der Waals surface area contributed by atoms with E-state index in [4.69, 9.17) is 18.9 Å². The van der Waals surface area contributed by atoms with Crippen molar-refractivity contribution in [2.45, 2.75) is 39.7 Å². The number of esters is 3. The van der Waals surface area contributed by atoms with Crippen LogP contribution in [0.25, 0.3) is 11.1 Å². The average molecular weight is 477 g/mol. The Morgan fingerprint density at radius 2 is 1.37 bits per heavy atom. The normalized spacial score (nSPS) is 13.9. The lowest BCUT2D eigenvalue weighted by Gasteiger charge is -2.19. The fraction of sp³-hybridized carbons (Fsp3) is 0.250. The fourth-order valence-corrected chi connectivity index (χ4v) is 3.69. The predicted octanol–water partition coefficient (Wildman–Crippen LogP) is 5.43. The van der Waals surface area contributed by atoms with E-state index in [2.05, 4.69) is 19.7 Å². The van der Waals surface area contributed by atoms with Gasteiger partial charge in [-0.25, -0.2) is 14.4 Å².